The Bertz CT molecular complexity index is 311. The van der Waals surface area contributed by atoms with Crippen molar-refractivity contribution in [3.63, 3.8) is 0 Å². The molecule has 0 heterocycles. The van der Waals surface area contributed by atoms with E-state index in [1.807, 2.05) is 13.2 Å². The molecule has 1 unspecified atom stereocenters. The third-order valence-electron chi connectivity index (χ3n) is 3.09. The van der Waals surface area contributed by atoms with E-state index in [-0.39, 0.29) is 5.97 Å². The van der Waals surface area contributed by atoms with Gasteiger partial charge in [-0.1, -0.05) is 27.2 Å². The van der Waals surface area contributed by atoms with Gasteiger partial charge in [0.25, 0.3) is 0 Å². The van der Waals surface area contributed by atoms with Gasteiger partial charge in [-0.2, -0.15) is 11.8 Å². The molecule has 5 nitrogen and oxygen atoms in total. The molecule has 0 aromatic heterocycles. The summed E-state index contributed by atoms with van der Waals surface area (Å²) >= 11 is 1.63. The van der Waals surface area contributed by atoms with E-state index in [1.54, 1.807) is 11.8 Å². The first-order chi connectivity index (χ1) is 10.5. The number of carbonyl (C=O) groups excluding carboxylic acids is 2. The maximum absolute atomic E-state index is 12.1. The minimum Gasteiger partial charge on any atom is -0.464 e. The normalized spacial score (nSPS) is 12.0. The Labute approximate surface area is 138 Å². The molecule has 22 heavy (non-hydrogen) atoms. The van der Waals surface area contributed by atoms with Crippen molar-refractivity contribution in [1.82, 2.24) is 5.32 Å². The van der Waals surface area contributed by atoms with Gasteiger partial charge in [-0.3, -0.25) is 0 Å². The van der Waals surface area contributed by atoms with Crippen molar-refractivity contribution in [2.45, 2.75) is 58.9 Å². The Morgan fingerprint density at radius 3 is 2.36 bits per heavy atom. The third kappa shape index (κ3) is 11.7. The second-order valence-electron chi connectivity index (χ2n) is 5.67. The predicted molar refractivity (Wildman–Crippen MR) is 91.2 cm³/mol. The molecule has 1 atom stereocenters. The largest absolute Gasteiger partial charge is 0.464 e. The van der Waals surface area contributed by atoms with E-state index in [2.05, 4.69) is 19.2 Å². The van der Waals surface area contributed by atoms with E-state index in [1.165, 1.54) is 0 Å². The van der Waals surface area contributed by atoms with Gasteiger partial charge in [-0.25, -0.2) is 9.59 Å². The lowest BCUT2D eigenvalue weighted by Crippen LogP contribution is -2.42. The lowest BCUT2D eigenvalue weighted by molar-refractivity contribution is -0.146. The lowest BCUT2D eigenvalue weighted by Gasteiger charge is -2.17. The molecule has 0 spiro atoms. The molecular weight excluding hydrogens is 302 g/mol. The number of alkyl carbamates (subject to hydrolysis) is 1. The number of nitrogens with one attached hydrogen (secondary N) is 1. The highest BCUT2D eigenvalue weighted by atomic mass is 32.2. The summed E-state index contributed by atoms with van der Waals surface area (Å²) in [5.41, 5.74) is 0. The van der Waals surface area contributed by atoms with Crippen LogP contribution < -0.4 is 5.32 Å². The summed E-state index contributed by atoms with van der Waals surface area (Å²) in [6.45, 7) is 7.07. The van der Waals surface area contributed by atoms with Crippen molar-refractivity contribution in [2.75, 3.05) is 25.2 Å². The number of thioether (sulfide) groups is 1. The zero-order valence-electron chi connectivity index (χ0n) is 14.4. The van der Waals surface area contributed by atoms with Crippen LogP contribution in [0.4, 0.5) is 4.79 Å². The van der Waals surface area contributed by atoms with Crippen molar-refractivity contribution in [1.29, 1.82) is 0 Å². The maximum Gasteiger partial charge on any atom is 0.407 e. The molecular formula is C16H31NO4S. The second kappa shape index (κ2) is 13.7. The van der Waals surface area contributed by atoms with E-state index >= 15 is 0 Å². The molecule has 0 fully saturated rings. The van der Waals surface area contributed by atoms with E-state index in [9.17, 15) is 9.59 Å². The summed E-state index contributed by atoms with van der Waals surface area (Å²) < 4.78 is 10.3. The van der Waals surface area contributed by atoms with Crippen LogP contribution in [0.1, 0.15) is 52.9 Å². The quantitative estimate of drug-likeness (QED) is 0.436. The zero-order valence-corrected chi connectivity index (χ0v) is 15.2. The van der Waals surface area contributed by atoms with E-state index < -0.39 is 12.1 Å². The van der Waals surface area contributed by atoms with Gasteiger partial charge >= 0.3 is 12.1 Å². The van der Waals surface area contributed by atoms with Crippen LogP contribution in [0, 0.1) is 5.92 Å². The number of hydrogen-bond acceptors (Lipinski definition) is 5. The lowest BCUT2D eigenvalue weighted by atomic mass is 10.1. The molecule has 0 bridgehead atoms. The first-order valence-electron chi connectivity index (χ1n) is 8.10. The van der Waals surface area contributed by atoms with Crippen molar-refractivity contribution >= 4 is 23.8 Å². The third-order valence-corrected chi connectivity index (χ3v) is 3.73. The predicted octanol–water partition coefficient (Wildman–Crippen LogP) is 3.61. The molecule has 1 amide bonds. The molecule has 1 N–H and O–H groups in total. The van der Waals surface area contributed by atoms with Crippen molar-refractivity contribution in [2.24, 2.45) is 5.92 Å². The molecule has 0 radical (unpaired) electrons. The molecule has 0 aliphatic heterocycles. The highest BCUT2D eigenvalue weighted by Crippen LogP contribution is 2.06. The Hall–Kier alpha value is -0.910. The Morgan fingerprint density at radius 2 is 1.77 bits per heavy atom. The molecule has 0 saturated carbocycles. The average Bonchev–Trinajstić information content (AvgIpc) is 2.47. The molecule has 0 aromatic rings. The van der Waals surface area contributed by atoms with Gasteiger partial charge in [0.2, 0.25) is 0 Å². The fourth-order valence-electron chi connectivity index (χ4n) is 1.74. The van der Waals surface area contributed by atoms with Gasteiger partial charge in [-0.05, 0) is 43.6 Å². The van der Waals surface area contributed by atoms with Gasteiger partial charge in [0.05, 0.1) is 13.2 Å². The summed E-state index contributed by atoms with van der Waals surface area (Å²) in [6, 6.07) is -0.624. The van der Waals surface area contributed by atoms with Crippen LogP contribution in [0.3, 0.4) is 0 Å². The fourth-order valence-corrected chi connectivity index (χ4v) is 2.21. The Balaban J connectivity index is 4.18. The van der Waals surface area contributed by atoms with Gasteiger partial charge in [0.1, 0.15) is 6.04 Å². The van der Waals surface area contributed by atoms with Gasteiger partial charge < -0.3 is 14.8 Å². The van der Waals surface area contributed by atoms with Gasteiger partial charge in [0, 0.05) is 0 Å². The molecule has 0 saturated heterocycles. The highest BCUT2D eigenvalue weighted by molar-refractivity contribution is 7.98. The van der Waals surface area contributed by atoms with Crippen LogP contribution in [0.5, 0.6) is 0 Å². The highest BCUT2D eigenvalue weighted by Gasteiger charge is 2.22. The van der Waals surface area contributed by atoms with Crippen LogP contribution in [-0.4, -0.2) is 43.3 Å². The zero-order chi connectivity index (χ0) is 16.8. The smallest absolute Gasteiger partial charge is 0.407 e. The van der Waals surface area contributed by atoms with Crippen molar-refractivity contribution < 1.29 is 19.1 Å². The first-order valence-corrected chi connectivity index (χ1v) is 9.49. The number of rotatable bonds is 12. The van der Waals surface area contributed by atoms with Gasteiger partial charge in [-0.15, -0.1) is 0 Å². The van der Waals surface area contributed by atoms with E-state index in [4.69, 9.17) is 9.47 Å². The number of esters is 1. The summed E-state index contributed by atoms with van der Waals surface area (Å²) in [4.78, 5) is 23.7. The van der Waals surface area contributed by atoms with Crippen LogP contribution in [0.2, 0.25) is 0 Å². The maximum atomic E-state index is 12.1. The fraction of sp³-hybridized carbons (Fsp3) is 0.875. The minimum absolute atomic E-state index is 0.370. The van der Waals surface area contributed by atoms with Gasteiger partial charge in [0.15, 0.2) is 0 Å². The molecule has 0 aliphatic rings. The Morgan fingerprint density at radius 1 is 1.09 bits per heavy atom. The molecule has 0 rings (SSSR count). The number of unbranched alkanes of at least 4 members (excludes halogenated alkanes) is 1. The average molecular weight is 333 g/mol. The molecule has 0 aromatic carbocycles. The summed E-state index contributed by atoms with van der Waals surface area (Å²) in [5, 5.41) is 2.61. The van der Waals surface area contributed by atoms with E-state index in [0.717, 1.165) is 31.4 Å². The number of carbonyl (C=O) groups is 2. The SMILES string of the molecule is CCCCOC(=O)NC(CCSC)C(=O)OCCCC(C)C. The van der Waals surface area contributed by atoms with Crippen LogP contribution in [0.15, 0.2) is 0 Å². The standard InChI is InChI=1S/C16H31NO4S/c1-5-6-10-21-16(19)17-14(9-12-22-4)15(18)20-11-7-8-13(2)3/h13-14H,5-12H2,1-4H3,(H,17,19). The summed E-state index contributed by atoms with van der Waals surface area (Å²) in [7, 11) is 0. The van der Waals surface area contributed by atoms with Crippen molar-refractivity contribution in [3.8, 4) is 0 Å². The first kappa shape index (κ1) is 21.1. The van der Waals surface area contributed by atoms with Crippen molar-refractivity contribution in [3.05, 3.63) is 0 Å². The van der Waals surface area contributed by atoms with Crippen LogP contribution >= 0.6 is 11.8 Å². The monoisotopic (exact) mass is 333 g/mol. The van der Waals surface area contributed by atoms with Crippen LogP contribution in [0.25, 0.3) is 0 Å². The van der Waals surface area contributed by atoms with E-state index in [0.29, 0.717) is 25.6 Å². The molecule has 0 aliphatic carbocycles. The summed E-state index contributed by atoms with van der Waals surface area (Å²) in [6.07, 6.45) is 5.62. The van der Waals surface area contributed by atoms with Crippen LogP contribution in [-0.2, 0) is 14.3 Å². The number of amides is 1. The second-order valence-corrected chi connectivity index (χ2v) is 6.66. The Kier molecular flexibility index (Phi) is 13.2. The number of ether oxygens (including phenoxy) is 2. The number of hydrogen-bond donors (Lipinski definition) is 1. The summed E-state index contributed by atoms with van der Waals surface area (Å²) in [5.74, 6) is 1.00. The molecule has 130 valence electrons. The topological polar surface area (TPSA) is 64.6 Å². The molecule has 6 heteroatoms. The minimum atomic E-state index is -0.624.